The van der Waals surface area contributed by atoms with Crippen LogP contribution in [0.25, 0.3) is 0 Å². The largest absolute Gasteiger partial charge is 0.473 e. The SMILES string of the molecule is O=C(NCc1ccnc(OCc2ccccc2)c1)c1cc(F)ccc1F. The number of hydrogen-bond donors (Lipinski definition) is 1. The smallest absolute Gasteiger partial charge is 0.254 e. The summed E-state index contributed by atoms with van der Waals surface area (Å²) in [7, 11) is 0. The number of benzene rings is 2. The number of nitrogens with one attached hydrogen (secondary N) is 1. The van der Waals surface area contributed by atoms with Crippen LogP contribution in [0, 0.1) is 11.6 Å². The molecule has 0 unspecified atom stereocenters. The van der Waals surface area contributed by atoms with Crippen LogP contribution in [0.1, 0.15) is 21.5 Å². The Kier molecular flexibility index (Phi) is 5.53. The molecule has 1 N–H and O–H groups in total. The van der Waals surface area contributed by atoms with E-state index in [0.717, 1.165) is 29.3 Å². The number of halogens is 2. The Balaban J connectivity index is 1.60. The molecule has 4 nitrogen and oxygen atoms in total. The molecule has 1 aromatic heterocycles. The Morgan fingerprint density at radius 2 is 1.81 bits per heavy atom. The summed E-state index contributed by atoms with van der Waals surface area (Å²) < 4.78 is 32.4. The third kappa shape index (κ3) is 4.63. The van der Waals surface area contributed by atoms with Crippen LogP contribution in [0.2, 0.25) is 0 Å². The highest BCUT2D eigenvalue weighted by atomic mass is 19.1. The Morgan fingerprint density at radius 1 is 1.00 bits per heavy atom. The topological polar surface area (TPSA) is 51.2 Å². The Labute approximate surface area is 149 Å². The summed E-state index contributed by atoms with van der Waals surface area (Å²) in [4.78, 5) is 16.1. The second-order valence-electron chi connectivity index (χ2n) is 5.58. The van der Waals surface area contributed by atoms with Crippen LogP contribution in [0.5, 0.6) is 5.88 Å². The standard InChI is InChI=1S/C20H16F2N2O2/c21-16-6-7-18(22)17(11-16)20(25)24-12-15-8-9-23-19(10-15)26-13-14-4-2-1-3-5-14/h1-11H,12-13H2,(H,24,25). The number of aromatic nitrogens is 1. The summed E-state index contributed by atoms with van der Waals surface area (Å²) in [6.45, 7) is 0.511. The van der Waals surface area contributed by atoms with Gasteiger partial charge in [0.2, 0.25) is 5.88 Å². The molecule has 3 aromatic rings. The van der Waals surface area contributed by atoms with Gasteiger partial charge in [0, 0.05) is 18.8 Å². The zero-order chi connectivity index (χ0) is 18.4. The molecular formula is C20H16F2N2O2. The fourth-order valence-corrected chi connectivity index (χ4v) is 2.32. The molecule has 0 aliphatic rings. The third-order valence-electron chi connectivity index (χ3n) is 3.65. The second-order valence-corrected chi connectivity index (χ2v) is 5.58. The summed E-state index contributed by atoms with van der Waals surface area (Å²) in [5, 5.41) is 2.56. The van der Waals surface area contributed by atoms with Crippen molar-refractivity contribution in [2.45, 2.75) is 13.2 Å². The number of nitrogens with zero attached hydrogens (tertiary/aromatic N) is 1. The number of rotatable bonds is 6. The van der Waals surface area contributed by atoms with Gasteiger partial charge in [0.05, 0.1) is 5.56 Å². The van der Waals surface area contributed by atoms with E-state index in [9.17, 15) is 13.6 Å². The van der Waals surface area contributed by atoms with Gasteiger partial charge in [0.15, 0.2) is 0 Å². The van der Waals surface area contributed by atoms with Crippen molar-refractivity contribution in [2.24, 2.45) is 0 Å². The molecule has 0 aliphatic heterocycles. The van der Waals surface area contributed by atoms with Crippen molar-refractivity contribution in [3.05, 3.63) is 95.2 Å². The summed E-state index contributed by atoms with van der Waals surface area (Å²) in [6, 6.07) is 15.8. The first kappa shape index (κ1) is 17.5. The summed E-state index contributed by atoms with van der Waals surface area (Å²) in [5.74, 6) is -1.72. The van der Waals surface area contributed by atoms with Crippen molar-refractivity contribution in [3.8, 4) is 5.88 Å². The van der Waals surface area contributed by atoms with Crippen LogP contribution in [0.4, 0.5) is 8.78 Å². The van der Waals surface area contributed by atoms with E-state index < -0.39 is 17.5 Å². The maximum absolute atomic E-state index is 13.6. The lowest BCUT2D eigenvalue weighted by Gasteiger charge is -2.09. The molecule has 0 fully saturated rings. The van der Waals surface area contributed by atoms with Crippen molar-refractivity contribution in [3.63, 3.8) is 0 Å². The molecule has 0 aliphatic carbocycles. The van der Waals surface area contributed by atoms with Crippen LogP contribution < -0.4 is 10.1 Å². The lowest BCUT2D eigenvalue weighted by Crippen LogP contribution is -2.24. The average Bonchev–Trinajstić information content (AvgIpc) is 2.67. The highest BCUT2D eigenvalue weighted by Gasteiger charge is 2.12. The monoisotopic (exact) mass is 354 g/mol. The predicted octanol–water partition coefficient (Wildman–Crippen LogP) is 3.87. The van der Waals surface area contributed by atoms with Crippen LogP contribution in [-0.4, -0.2) is 10.9 Å². The van der Waals surface area contributed by atoms with E-state index in [1.165, 1.54) is 0 Å². The number of hydrogen-bond acceptors (Lipinski definition) is 3. The minimum atomic E-state index is -0.773. The third-order valence-corrected chi connectivity index (χ3v) is 3.65. The van der Waals surface area contributed by atoms with E-state index >= 15 is 0 Å². The maximum atomic E-state index is 13.6. The van der Waals surface area contributed by atoms with Gasteiger partial charge in [0.1, 0.15) is 18.2 Å². The number of amides is 1. The number of ether oxygens (including phenoxy) is 1. The van der Waals surface area contributed by atoms with Gasteiger partial charge < -0.3 is 10.1 Å². The zero-order valence-corrected chi connectivity index (χ0v) is 13.8. The number of carbonyl (C=O) groups excluding carboxylic acids is 1. The molecule has 3 rings (SSSR count). The molecule has 0 atom stereocenters. The average molecular weight is 354 g/mol. The Morgan fingerprint density at radius 3 is 2.62 bits per heavy atom. The first-order chi connectivity index (χ1) is 12.6. The van der Waals surface area contributed by atoms with E-state index in [4.69, 9.17) is 4.74 Å². The van der Waals surface area contributed by atoms with Crippen LogP contribution in [-0.2, 0) is 13.2 Å². The lowest BCUT2D eigenvalue weighted by atomic mass is 10.2. The highest BCUT2D eigenvalue weighted by molar-refractivity contribution is 5.94. The minimum absolute atomic E-state index is 0.138. The van der Waals surface area contributed by atoms with Gasteiger partial charge in [0.25, 0.3) is 5.91 Å². The van der Waals surface area contributed by atoms with Gasteiger partial charge >= 0.3 is 0 Å². The van der Waals surface area contributed by atoms with Crippen molar-refractivity contribution in [2.75, 3.05) is 0 Å². The quantitative estimate of drug-likeness (QED) is 0.731. The predicted molar refractivity (Wildman–Crippen MR) is 92.5 cm³/mol. The number of carbonyl (C=O) groups is 1. The van der Waals surface area contributed by atoms with E-state index in [2.05, 4.69) is 10.3 Å². The molecule has 0 bridgehead atoms. The molecule has 1 amide bonds. The van der Waals surface area contributed by atoms with Gasteiger partial charge in [-0.2, -0.15) is 0 Å². The van der Waals surface area contributed by atoms with Gasteiger partial charge in [-0.05, 0) is 35.4 Å². The molecule has 132 valence electrons. The molecule has 0 saturated carbocycles. The van der Waals surface area contributed by atoms with Gasteiger partial charge in [-0.25, -0.2) is 13.8 Å². The van der Waals surface area contributed by atoms with Crippen molar-refractivity contribution in [1.82, 2.24) is 10.3 Å². The second kappa shape index (κ2) is 8.20. The first-order valence-electron chi connectivity index (χ1n) is 7.97. The molecule has 1 heterocycles. The van der Waals surface area contributed by atoms with E-state index in [1.54, 1.807) is 18.3 Å². The lowest BCUT2D eigenvalue weighted by molar-refractivity contribution is 0.0946. The Bertz CT molecular complexity index is 901. The summed E-state index contributed by atoms with van der Waals surface area (Å²) >= 11 is 0. The fraction of sp³-hybridized carbons (Fsp3) is 0.100. The van der Waals surface area contributed by atoms with Crippen molar-refractivity contribution < 1.29 is 18.3 Å². The minimum Gasteiger partial charge on any atom is -0.473 e. The molecule has 2 aromatic carbocycles. The van der Waals surface area contributed by atoms with Gasteiger partial charge in [-0.15, -0.1) is 0 Å². The molecule has 0 radical (unpaired) electrons. The van der Waals surface area contributed by atoms with Gasteiger partial charge in [-0.3, -0.25) is 4.79 Å². The maximum Gasteiger partial charge on any atom is 0.254 e. The normalized spacial score (nSPS) is 10.4. The zero-order valence-electron chi connectivity index (χ0n) is 13.8. The summed E-state index contributed by atoms with van der Waals surface area (Å²) in [6.07, 6.45) is 1.56. The number of pyridine rings is 1. The highest BCUT2D eigenvalue weighted by Crippen LogP contribution is 2.13. The molecule has 0 saturated heterocycles. The van der Waals surface area contributed by atoms with Crippen LogP contribution >= 0.6 is 0 Å². The van der Waals surface area contributed by atoms with Gasteiger partial charge in [-0.1, -0.05) is 30.3 Å². The molecule has 26 heavy (non-hydrogen) atoms. The van der Waals surface area contributed by atoms with Crippen molar-refractivity contribution in [1.29, 1.82) is 0 Å². The fourth-order valence-electron chi connectivity index (χ4n) is 2.32. The van der Waals surface area contributed by atoms with Crippen LogP contribution in [0.15, 0.2) is 66.9 Å². The van der Waals surface area contributed by atoms with E-state index in [-0.39, 0.29) is 12.1 Å². The Hall–Kier alpha value is -3.28. The molecular weight excluding hydrogens is 338 g/mol. The summed E-state index contributed by atoms with van der Waals surface area (Å²) in [5.41, 5.74) is 1.41. The van der Waals surface area contributed by atoms with Crippen molar-refractivity contribution >= 4 is 5.91 Å². The van der Waals surface area contributed by atoms with E-state index in [0.29, 0.717) is 12.5 Å². The van der Waals surface area contributed by atoms with E-state index in [1.807, 2.05) is 30.3 Å². The molecule has 0 spiro atoms. The van der Waals surface area contributed by atoms with Crippen LogP contribution in [0.3, 0.4) is 0 Å². The molecule has 6 heteroatoms. The first-order valence-corrected chi connectivity index (χ1v) is 7.97.